The Kier molecular flexibility index (Phi) is 3.17. The van der Waals surface area contributed by atoms with Gasteiger partial charge in [0.15, 0.2) is 5.71 Å². The van der Waals surface area contributed by atoms with Crippen LogP contribution in [-0.4, -0.2) is 16.8 Å². The molecule has 0 aromatic rings. The van der Waals surface area contributed by atoms with Crippen LogP contribution in [0.5, 0.6) is 0 Å². The number of nitrogens with zero attached hydrogens (tertiary/aromatic N) is 2. The minimum Gasteiger partial charge on any atom is -0.410 e. The molecule has 0 aliphatic rings. The average Bonchev–Trinajstić information content (AvgIpc) is 1.90. The molecule has 3 nitrogen and oxygen atoms in total. The van der Waals surface area contributed by atoms with Gasteiger partial charge in [-0.25, -0.2) is 0 Å². The van der Waals surface area contributed by atoms with Crippen molar-refractivity contribution in [2.75, 3.05) is 5.88 Å². The van der Waals surface area contributed by atoms with Gasteiger partial charge < -0.3 is 5.21 Å². The van der Waals surface area contributed by atoms with Gasteiger partial charge in [0.25, 0.3) is 0 Å². The first-order valence-corrected chi connectivity index (χ1v) is 3.30. The summed E-state index contributed by atoms with van der Waals surface area (Å²) >= 11 is 5.50. The zero-order chi connectivity index (χ0) is 8.20. The Morgan fingerprint density at radius 3 is 2.40 bits per heavy atom. The highest BCUT2D eigenvalue weighted by Gasteiger charge is 2.24. The summed E-state index contributed by atoms with van der Waals surface area (Å²) in [7, 11) is 0. The molecule has 0 heterocycles. The van der Waals surface area contributed by atoms with Crippen LogP contribution in [0.3, 0.4) is 0 Å². The highest BCUT2D eigenvalue weighted by molar-refractivity contribution is 6.21. The second-order valence-corrected chi connectivity index (χ2v) is 2.85. The van der Waals surface area contributed by atoms with E-state index in [0.717, 1.165) is 0 Å². The van der Waals surface area contributed by atoms with Gasteiger partial charge >= 0.3 is 0 Å². The van der Waals surface area contributed by atoms with Crippen molar-refractivity contribution in [1.82, 2.24) is 0 Å². The Bertz CT molecular complexity index is 181. The second-order valence-electron chi connectivity index (χ2n) is 2.58. The van der Waals surface area contributed by atoms with E-state index in [2.05, 4.69) is 5.16 Å². The SMILES string of the molecule is CC(C)(CCl)C(C#N)=NO. The minimum absolute atomic E-state index is 0.0579. The van der Waals surface area contributed by atoms with Gasteiger partial charge in [0, 0.05) is 11.3 Å². The van der Waals surface area contributed by atoms with E-state index in [4.69, 9.17) is 22.1 Å². The van der Waals surface area contributed by atoms with Crippen molar-refractivity contribution in [1.29, 1.82) is 5.26 Å². The minimum atomic E-state index is -0.537. The molecule has 0 amide bonds. The molecule has 0 unspecified atom stereocenters. The third-order valence-corrected chi connectivity index (χ3v) is 1.85. The number of rotatable bonds is 2. The summed E-state index contributed by atoms with van der Waals surface area (Å²) in [6, 6.07) is 1.76. The summed E-state index contributed by atoms with van der Waals surface area (Å²) in [5.74, 6) is 0.264. The molecule has 0 radical (unpaired) electrons. The zero-order valence-corrected chi connectivity index (χ0v) is 6.68. The first kappa shape index (κ1) is 9.25. The molecule has 0 saturated heterocycles. The maximum atomic E-state index is 8.39. The summed E-state index contributed by atoms with van der Waals surface area (Å²) in [6.07, 6.45) is 0. The maximum absolute atomic E-state index is 8.39. The average molecular weight is 161 g/mol. The number of hydrogen-bond donors (Lipinski definition) is 1. The van der Waals surface area contributed by atoms with Crippen LogP contribution in [0.15, 0.2) is 5.16 Å². The standard InChI is InChI=1S/C6H9ClN2O/c1-6(2,4-7)5(3-8)9-10/h10H,4H2,1-2H3. The van der Waals surface area contributed by atoms with E-state index in [1.807, 2.05) is 0 Å². The van der Waals surface area contributed by atoms with Crippen molar-refractivity contribution >= 4 is 17.3 Å². The number of alkyl halides is 1. The van der Waals surface area contributed by atoms with Crippen molar-refractivity contribution in [3.05, 3.63) is 0 Å². The molecule has 0 spiro atoms. The number of halogens is 1. The summed E-state index contributed by atoms with van der Waals surface area (Å²) < 4.78 is 0. The van der Waals surface area contributed by atoms with Crippen molar-refractivity contribution in [2.45, 2.75) is 13.8 Å². The summed E-state index contributed by atoms with van der Waals surface area (Å²) in [6.45, 7) is 3.47. The van der Waals surface area contributed by atoms with E-state index in [-0.39, 0.29) is 11.6 Å². The Labute approximate surface area is 64.9 Å². The molecule has 0 aromatic carbocycles. The first-order valence-electron chi connectivity index (χ1n) is 2.77. The van der Waals surface area contributed by atoms with Gasteiger partial charge in [-0.3, -0.25) is 0 Å². The molecule has 0 fully saturated rings. The lowest BCUT2D eigenvalue weighted by Crippen LogP contribution is -2.24. The smallest absolute Gasteiger partial charge is 0.163 e. The van der Waals surface area contributed by atoms with Crippen LogP contribution in [0.2, 0.25) is 0 Å². The lowest BCUT2D eigenvalue weighted by atomic mass is 9.91. The predicted octanol–water partition coefficient (Wildman–Crippen LogP) is 1.61. The molecule has 0 atom stereocenters. The normalized spacial score (nSPS) is 12.8. The van der Waals surface area contributed by atoms with E-state index < -0.39 is 5.41 Å². The topological polar surface area (TPSA) is 56.4 Å². The molecule has 0 saturated carbocycles. The third kappa shape index (κ3) is 1.89. The summed E-state index contributed by atoms with van der Waals surface area (Å²) in [5, 5.41) is 19.5. The van der Waals surface area contributed by atoms with Crippen molar-refractivity contribution < 1.29 is 5.21 Å². The lowest BCUT2D eigenvalue weighted by Gasteiger charge is -2.16. The van der Waals surface area contributed by atoms with Gasteiger partial charge in [-0.2, -0.15) is 5.26 Å². The first-order chi connectivity index (χ1) is 4.58. The van der Waals surface area contributed by atoms with Crippen molar-refractivity contribution in [3.8, 4) is 6.07 Å². The molecule has 56 valence electrons. The molecule has 0 aliphatic heterocycles. The third-order valence-electron chi connectivity index (χ3n) is 1.18. The van der Waals surface area contributed by atoms with Crippen LogP contribution in [0.1, 0.15) is 13.8 Å². The van der Waals surface area contributed by atoms with Crippen LogP contribution in [0.25, 0.3) is 0 Å². The fourth-order valence-electron chi connectivity index (χ4n) is 0.372. The molecule has 0 rings (SSSR count). The van der Waals surface area contributed by atoms with E-state index in [9.17, 15) is 0 Å². The fraction of sp³-hybridized carbons (Fsp3) is 0.667. The zero-order valence-electron chi connectivity index (χ0n) is 5.93. The van der Waals surface area contributed by atoms with Crippen LogP contribution in [0.4, 0.5) is 0 Å². The van der Waals surface area contributed by atoms with Gasteiger partial charge in [0.1, 0.15) is 6.07 Å². The summed E-state index contributed by atoms with van der Waals surface area (Å²) in [5.41, 5.74) is -0.479. The number of hydrogen-bond acceptors (Lipinski definition) is 3. The van der Waals surface area contributed by atoms with Gasteiger partial charge in [0.2, 0.25) is 0 Å². The van der Waals surface area contributed by atoms with Gasteiger partial charge in [0.05, 0.1) is 0 Å². The molecule has 4 heteroatoms. The number of oxime groups is 1. The molecular formula is C6H9ClN2O. The molecule has 0 bridgehead atoms. The quantitative estimate of drug-likeness (QED) is 0.289. The molecule has 1 N–H and O–H groups in total. The molecule has 10 heavy (non-hydrogen) atoms. The van der Waals surface area contributed by atoms with E-state index in [1.165, 1.54) is 0 Å². The highest BCUT2D eigenvalue weighted by atomic mass is 35.5. The Balaban J connectivity index is 4.48. The van der Waals surface area contributed by atoms with E-state index in [0.29, 0.717) is 0 Å². The fourth-order valence-corrected chi connectivity index (χ4v) is 0.499. The largest absolute Gasteiger partial charge is 0.410 e. The Morgan fingerprint density at radius 1 is 1.80 bits per heavy atom. The van der Waals surface area contributed by atoms with Gasteiger partial charge in [-0.1, -0.05) is 19.0 Å². The van der Waals surface area contributed by atoms with Crippen molar-refractivity contribution in [2.24, 2.45) is 10.6 Å². The van der Waals surface area contributed by atoms with Crippen LogP contribution in [0, 0.1) is 16.7 Å². The van der Waals surface area contributed by atoms with Crippen molar-refractivity contribution in [3.63, 3.8) is 0 Å². The van der Waals surface area contributed by atoms with Gasteiger partial charge in [-0.15, -0.1) is 11.6 Å². The monoisotopic (exact) mass is 160 g/mol. The highest BCUT2D eigenvalue weighted by Crippen LogP contribution is 2.18. The Morgan fingerprint density at radius 2 is 2.30 bits per heavy atom. The second kappa shape index (κ2) is 3.43. The van der Waals surface area contributed by atoms with Gasteiger partial charge in [-0.05, 0) is 0 Å². The predicted molar refractivity (Wildman–Crippen MR) is 39.3 cm³/mol. The van der Waals surface area contributed by atoms with Crippen LogP contribution in [-0.2, 0) is 0 Å². The lowest BCUT2D eigenvalue weighted by molar-refractivity contribution is 0.312. The Hall–Kier alpha value is -0.750. The molecule has 0 aromatic heterocycles. The summed E-state index contributed by atoms with van der Waals surface area (Å²) in [4.78, 5) is 0. The molecular weight excluding hydrogens is 152 g/mol. The van der Waals surface area contributed by atoms with Crippen LogP contribution < -0.4 is 0 Å². The maximum Gasteiger partial charge on any atom is 0.163 e. The molecule has 0 aliphatic carbocycles. The van der Waals surface area contributed by atoms with E-state index in [1.54, 1.807) is 19.9 Å². The van der Waals surface area contributed by atoms with E-state index >= 15 is 0 Å². The van der Waals surface area contributed by atoms with Crippen LogP contribution >= 0.6 is 11.6 Å². The number of nitriles is 1.